The fourth-order valence-corrected chi connectivity index (χ4v) is 3.97. The van der Waals surface area contributed by atoms with E-state index in [-0.39, 0.29) is 4.90 Å². The maximum absolute atomic E-state index is 12.6. The van der Waals surface area contributed by atoms with Gasteiger partial charge in [0, 0.05) is 22.8 Å². The van der Waals surface area contributed by atoms with Crippen molar-refractivity contribution >= 4 is 26.6 Å². The summed E-state index contributed by atoms with van der Waals surface area (Å²) in [6.45, 7) is 1.92. The second-order valence-corrected chi connectivity index (χ2v) is 8.10. The van der Waals surface area contributed by atoms with Crippen LogP contribution in [0.1, 0.15) is 5.56 Å². The Morgan fingerprint density at radius 2 is 1.59 bits per heavy atom. The first-order valence-electron chi connectivity index (χ1n) is 8.56. The maximum atomic E-state index is 12.6. The zero-order valence-corrected chi connectivity index (χ0v) is 15.6. The van der Waals surface area contributed by atoms with E-state index in [4.69, 9.17) is 0 Å². The molecule has 3 aromatic carbocycles. The number of sulfonamides is 1. The number of nitrogens with zero attached hydrogens (tertiary/aromatic N) is 1. The molecule has 0 fully saturated rings. The van der Waals surface area contributed by atoms with Gasteiger partial charge in [0.25, 0.3) is 10.0 Å². The van der Waals surface area contributed by atoms with Gasteiger partial charge in [0.15, 0.2) is 0 Å². The molecule has 0 radical (unpaired) electrons. The van der Waals surface area contributed by atoms with Crippen molar-refractivity contribution in [2.45, 2.75) is 11.8 Å². The Morgan fingerprint density at radius 3 is 2.41 bits per heavy atom. The molecule has 0 aliphatic rings. The summed E-state index contributed by atoms with van der Waals surface area (Å²) in [6.07, 6.45) is 1.80. The minimum atomic E-state index is -3.63. The molecule has 0 unspecified atom stereocenters. The number of anilines is 1. The number of para-hydroxylation sites is 1. The van der Waals surface area contributed by atoms with E-state index < -0.39 is 10.0 Å². The van der Waals surface area contributed by atoms with E-state index in [9.17, 15) is 8.42 Å². The van der Waals surface area contributed by atoms with Crippen LogP contribution in [0.5, 0.6) is 0 Å². The number of hydrogen-bond donors (Lipinski definition) is 1. The standard InChI is InChI=1S/C22H18N2O2S/c1-16-9-11-21(12-10-16)27(25,26)24-20-7-4-6-17(14-20)19-13-18-5-2-3-8-22(18)23-15-19/h2-15,24H,1H3. The number of nitrogens with one attached hydrogen (secondary N) is 1. The van der Waals surface area contributed by atoms with Crippen LogP contribution in [0, 0.1) is 6.92 Å². The molecule has 4 aromatic rings. The molecule has 1 aromatic heterocycles. The number of rotatable bonds is 4. The first kappa shape index (κ1) is 17.2. The summed E-state index contributed by atoms with van der Waals surface area (Å²) in [4.78, 5) is 4.72. The number of hydrogen-bond acceptors (Lipinski definition) is 3. The monoisotopic (exact) mass is 374 g/mol. The van der Waals surface area contributed by atoms with Crippen LogP contribution in [0.15, 0.2) is 90.0 Å². The van der Waals surface area contributed by atoms with E-state index in [1.54, 1.807) is 36.5 Å². The zero-order valence-electron chi connectivity index (χ0n) is 14.8. The van der Waals surface area contributed by atoms with Gasteiger partial charge in [-0.2, -0.15) is 0 Å². The average molecular weight is 374 g/mol. The SMILES string of the molecule is Cc1ccc(S(=O)(=O)Nc2cccc(-c3cnc4ccccc4c3)c2)cc1. The Labute approximate surface area is 158 Å². The van der Waals surface area contributed by atoms with Crippen LogP contribution in [-0.4, -0.2) is 13.4 Å². The van der Waals surface area contributed by atoms with E-state index in [2.05, 4.69) is 15.8 Å². The molecule has 0 atom stereocenters. The predicted molar refractivity (Wildman–Crippen MR) is 109 cm³/mol. The molecule has 134 valence electrons. The molecule has 5 heteroatoms. The number of aryl methyl sites for hydroxylation is 1. The van der Waals surface area contributed by atoms with Crippen molar-refractivity contribution in [2.75, 3.05) is 4.72 Å². The molecule has 0 bridgehead atoms. The van der Waals surface area contributed by atoms with Gasteiger partial charge in [-0.25, -0.2) is 8.42 Å². The minimum Gasteiger partial charge on any atom is -0.280 e. The van der Waals surface area contributed by atoms with Gasteiger partial charge in [-0.3, -0.25) is 9.71 Å². The molecule has 4 rings (SSSR count). The Bertz CT molecular complexity index is 1220. The lowest BCUT2D eigenvalue weighted by Gasteiger charge is -2.10. The van der Waals surface area contributed by atoms with Gasteiger partial charge < -0.3 is 0 Å². The summed E-state index contributed by atoms with van der Waals surface area (Å²) in [7, 11) is -3.63. The quantitative estimate of drug-likeness (QED) is 0.546. The average Bonchev–Trinajstić information content (AvgIpc) is 2.68. The highest BCUT2D eigenvalue weighted by molar-refractivity contribution is 7.92. The molecule has 0 aliphatic heterocycles. The molecule has 1 heterocycles. The predicted octanol–water partition coefficient (Wildman–Crippen LogP) is 5.01. The van der Waals surface area contributed by atoms with Crippen molar-refractivity contribution < 1.29 is 8.42 Å². The highest BCUT2D eigenvalue weighted by Crippen LogP contribution is 2.26. The van der Waals surface area contributed by atoms with Gasteiger partial charge in [0.2, 0.25) is 0 Å². The first-order valence-corrected chi connectivity index (χ1v) is 10.0. The summed E-state index contributed by atoms with van der Waals surface area (Å²) in [5.41, 5.74) is 4.29. The largest absolute Gasteiger partial charge is 0.280 e. The molecule has 0 spiro atoms. The summed E-state index contributed by atoms with van der Waals surface area (Å²) < 4.78 is 27.9. The van der Waals surface area contributed by atoms with Gasteiger partial charge >= 0.3 is 0 Å². The molecular weight excluding hydrogens is 356 g/mol. The summed E-state index contributed by atoms with van der Waals surface area (Å²) in [6, 6.07) is 24.1. The Balaban J connectivity index is 1.66. The molecule has 27 heavy (non-hydrogen) atoms. The third-order valence-electron chi connectivity index (χ3n) is 4.37. The van der Waals surface area contributed by atoms with Gasteiger partial charge in [0.1, 0.15) is 0 Å². The first-order chi connectivity index (χ1) is 13.0. The van der Waals surface area contributed by atoms with Crippen molar-refractivity contribution in [3.63, 3.8) is 0 Å². The molecule has 0 aliphatic carbocycles. The second kappa shape index (κ2) is 6.85. The third-order valence-corrected chi connectivity index (χ3v) is 5.77. The fraction of sp³-hybridized carbons (Fsp3) is 0.0455. The van der Waals surface area contributed by atoms with E-state index >= 15 is 0 Å². The Kier molecular flexibility index (Phi) is 4.38. The normalized spacial score (nSPS) is 11.4. The van der Waals surface area contributed by atoms with Crippen molar-refractivity contribution in [3.05, 3.63) is 90.6 Å². The van der Waals surface area contributed by atoms with Crippen LogP contribution in [0.25, 0.3) is 22.0 Å². The molecule has 4 nitrogen and oxygen atoms in total. The van der Waals surface area contributed by atoms with Crippen molar-refractivity contribution in [2.24, 2.45) is 0 Å². The molecule has 1 N–H and O–H groups in total. The fourth-order valence-electron chi connectivity index (χ4n) is 2.92. The van der Waals surface area contributed by atoms with Crippen molar-refractivity contribution in [1.29, 1.82) is 0 Å². The van der Waals surface area contributed by atoms with E-state index in [0.29, 0.717) is 5.69 Å². The highest BCUT2D eigenvalue weighted by Gasteiger charge is 2.14. The minimum absolute atomic E-state index is 0.242. The van der Waals surface area contributed by atoms with Crippen LogP contribution < -0.4 is 4.72 Å². The van der Waals surface area contributed by atoms with Crippen LogP contribution in [0.3, 0.4) is 0 Å². The van der Waals surface area contributed by atoms with Gasteiger partial charge in [-0.15, -0.1) is 0 Å². The van der Waals surface area contributed by atoms with Crippen LogP contribution in [-0.2, 0) is 10.0 Å². The number of benzene rings is 3. The van der Waals surface area contributed by atoms with Crippen molar-refractivity contribution in [1.82, 2.24) is 4.98 Å². The van der Waals surface area contributed by atoms with Gasteiger partial charge in [0.05, 0.1) is 10.4 Å². The third kappa shape index (κ3) is 3.68. The smallest absolute Gasteiger partial charge is 0.261 e. The van der Waals surface area contributed by atoms with Gasteiger partial charge in [-0.05, 0) is 48.9 Å². The molecule has 0 saturated heterocycles. The number of pyridine rings is 1. The van der Waals surface area contributed by atoms with Gasteiger partial charge in [-0.1, -0.05) is 48.0 Å². The topological polar surface area (TPSA) is 59.1 Å². The van der Waals surface area contributed by atoms with Crippen LogP contribution in [0.4, 0.5) is 5.69 Å². The maximum Gasteiger partial charge on any atom is 0.261 e. The zero-order chi connectivity index (χ0) is 18.9. The lowest BCUT2D eigenvalue weighted by atomic mass is 10.1. The Hall–Kier alpha value is -3.18. The van der Waals surface area contributed by atoms with Crippen molar-refractivity contribution in [3.8, 4) is 11.1 Å². The number of aromatic nitrogens is 1. The summed E-state index contributed by atoms with van der Waals surface area (Å²) in [5, 5.41) is 1.04. The summed E-state index contributed by atoms with van der Waals surface area (Å²) in [5.74, 6) is 0. The molecule has 0 amide bonds. The van der Waals surface area contributed by atoms with Crippen LogP contribution >= 0.6 is 0 Å². The van der Waals surface area contributed by atoms with Crippen LogP contribution in [0.2, 0.25) is 0 Å². The van der Waals surface area contributed by atoms with E-state index in [1.807, 2.05) is 49.4 Å². The summed E-state index contributed by atoms with van der Waals surface area (Å²) >= 11 is 0. The van der Waals surface area contributed by atoms with E-state index in [0.717, 1.165) is 27.6 Å². The highest BCUT2D eigenvalue weighted by atomic mass is 32.2. The second-order valence-electron chi connectivity index (χ2n) is 6.42. The molecular formula is C22H18N2O2S. The number of fused-ring (bicyclic) bond motifs is 1. The Morgan fingerprint density at radius 1 is 0.815 bits per heavy atom. The lowest BCUT2D eigenvalue weighted by Crippen LogP contribution is -2.12. The van der Waals surface area contributed by atoms with E-state index in [1.165, 1.54) is 0 Å². The molecule has 0 saturated carbocycles. The lowest BCUT2D eigenvalue weighted by molar-refractivity contribution is 0.601.